The standard InChI is InChI=1S/C28H39NO6/c1-7-29-13-26(6)9-8-23(34-16(4)31)28-21(26)10-19(24(28)29)27-12-18(14(2)25(27)35-17(5)32)20(11-22(27)28)33-15(3)30/h18-25H,2,7-13H2,1,3-6H3/t18-,19+,20+,21-,22-,23-,24?,25-,26+,27+,28+/m1/s1. The van der Waals surface area contributed by atoms with Crippen LogP contribution in [0.4, 0.5) is 0 Å². The van der Waals surface area contributed by atoms with E-state index in [1.807, 2.05) is 0 Å². The topological polar surface area (TPSA) is 82.1 Å². The number of rotatable bonds is 4. The summed E-state index contributed by atoms with van der Waals surface area (Å²) in [6.07, 6.45) is 3.68. The lowest BCUT2D eigenvalue weighted by atomic mass is 9.43. The fourth-order valence-corrected chi connectivity index (χ4v) is 10.9. The molecule has 0 aromatic heterocycles. The van der Waals surface area contributed by atoms with E-state index in [9.17, 15) is 14.4 Å². The van der Waals surface area contributed by atoms with Crippen LogP contribution in [0.15, 0.2) is 12.2 Å². The van der Waals surface area contributed by atoms with Crippen molar-refractivity contribution < 1.29 is 28.6 Å². The second kappa shape index (κ2) is 7.33. The van der Waals surface area contributed by atoms with Crippen LogP contribution in [0.25, 0.3) is 0 Å². The van der Waals surface area contributed by atoms with Gasteiger partial charge in [-0.1, -0.05) is 20.4 Å². The first kappa shape index (κ1) is 23.5. The number of fused-ring (bicyclic) bond motifs is 1. The molecule has 2 spiro atoms. The molecule has 0 radical (unpaired) electrons. The lowest BCUT2D eigenvalue weighted by Crippen LogP contribution is -2.69. The van der Waals surface area contributed by atoms with Crippen molar-refractivity contribution in [2.45, 2.75) is 91.1 Å². The van der Waals surface area contributed by atoms with Crippen molar-refractivity contribution in [3.05, 3.63) is 12.2 Å². The maximum absolute atomic E-state index is 12.4. The van der Waals surface area contributed by atoms with Crippen LogP contribution in [0.2, 0.25) is 0 Å². The third-order valence-electron chi connectivity index (χ3n) is 11.4. The van der Waals surface area contributed by atoms with Gasteiger partial charge < -0.3 is 14.2 Å². The summed E-state index contributed by atoms with van der Waals surface area (Å²) in [6, 6.07) is 0.265. The Morgan fingerprint density at radius 2 is 1.71 bits per heavy atom. The summed E-state index contributed by atoms with van der Waals surface area (Å²) in [5.41, 5.74) is 0.571. The molecule has 5 aliphatic carbocycles. The Kier molecular flexibility index (Phi) is 4.92. The third-order valence-corrected chi connectivity index (χ3v) is 11.4. The van der Waals surface area contributed by atoms with Crippen molar-refractivity contribution in [3.8, 4) is 0 Å². The van der Waals surface area contributed by atoms with Gasteiger partial charge in [-0.2, -0.15) is 0 Å². The van der Waals surface area contributed by atoms with Crippen LogP contribution in [0.1, 0.15) is 66.7 Å². The molecule has 6 rings (SSSR count). The van der Waals surface area contributed by atoms with Crippen LogP contribution in [0.3, 0.4) is 0 Å². The van der Waals surface area contributed by atoms with E-state index in [1.54, 1.807) is 0 Å². The number of piperidine rings is 1. The molecule has 6 fully saturated rings. The van der Waals surface area contributed by atoms with Gasteiger partial charge in [0.25, 0.3) is 0 Å². The average Bonchev–Trinajstić information content (AvgIpc) is 3.29. The lowest BCUT2D eigenvalue weighted by molar-refractivity contribution is -0.231. The number of esters is 3. The van der Waals surface area contributed by atoms with Crippen LogP contribution in [0.5, 0.6) is 0 Å². The molecule has 7 bridgehead atoms. The van der Waals surface area contributed by atoms with Gasteiger partial charge in [0.2, 0.25) is 0 Å². The molecule has 1 unspecified atom stereocenters. The zero-order valence-electron chi connectivity index (χ0n) is 21.7. The van der Waals surface area contributed by atoms with Crippen LogP contribution in [-0.2, 0) is 28.6 Å². The number of hydrogen-bond acceptors (Lipinski definition) is 7. The second-order valence-corrected chi connectivity index (χ2v) is 12.6. The normalized spacial score (nSPS) is 51.1. The van der Waals surface area contributed by atoms with Crippen LogP contribution in [-0.4, -0.2) is 60.3 Å². The Morgan fingerprint density at radius 3 is 2.34 bits per heavy atom. The molecule has 11 atom stereocenters. The molecule has 192 valence electrons. The number of hydrogen-bond donors (Lipinski definition) is 0. The van der Waals surface area contributed by atoms with E-state index in [4.69, 9.17) is 14.2 Å². The van der Waals surface area contributed by atoms with E-state index in [-0.39, 0.29) is 70.3 Å². The number of likely N-dealkylation sites (tertiary alicyclic amines) is 1. The lowest BCUT2D eigenvalue weighted by Gasteiger charge is -2.65. The molecular formula is C28H39NO6. The van der Waals surface area contributed by atoms with Gasteiger partial charge in [0.1, 0.15) is 18.3 Å². The molecule has 6 aliphatic rings. The molecule has 1 aliphatic heterocycles. The highest BCUT2D eigenvalue weighted by atomic mass is 16.6. The molecule has 0 amide bonds. The van der Waals surface area contributed by atoms with Gasteiger partial charge in [-0.3, -0.25) is 19.3 Å². The highest BCUT2D eigenvalue weighted by Crippen LogP contribution is 2.84. The number of nitrogens with zero attached hydrogens (tertiary/aromatic N) is 1. The summed E-state index contributed by atoms with van der Waals surface area (Å²) < 4.78 is 18.3. The molecule has 7 heteroatoms. The minimum Gasteiger partial charge on any atom is -0.462 e. The van der Waals surface area contributed by atoms with Gasteiger partial charge in [0.05, 0.1) is 0 Å². The van der Waals surface area contributed by atoms with Gasteiger partial charge in [0, 0.05) is 50.1 Å². The van der Waals surface area contributed by atoms with Gasteiger partial charge >= 0.3 is 17.9 Å². The minimum atomic E-state index is -0.383. The van der Waals surface area contributed by atoms with Gasteiger partial charge in [-0.25, -0.2) is 0 Å². The third kappa shape index (κ3) is 2.69. The summed E-state index contributed by atoms with van der Waals surface area (Å²) in [5.74, 6) is 0.0890. The van der Waals surface area contributed by atoms with Crippen LogP contribution < -0.4 is 0 Å². The fraction of sp³-hybridized carbons (Fsp3) is 0.821. The van der Waals surface area contributed by atoms with Gasteiger partial charge in [0.15, 0.2) is 0 Å². The van der Waals surface area contributed by atoms with E-state index in [0.717, 1.165) is 50.8 Å². The summed E-state index contributed by atoms with van der Waals surface area (Å²) in [7, 11) is 0. The predicted molar refractivity (Wildman–Crippen MR) is 127 cm³/mol. The van der Waals surface area contributed by atoms with E-state index >= 15 is 0 Å². The zero-order valence-corrected chi connectivity index (χ0v) is 21.7. The van der Waals surface area contributed by atoms with E-state index in [2.05, 4.69) is 25.3 Å². The second-order valence-electron chi connectivity index (χ2n) is 12.6. The number of carbonyl (C=O) groups is 3. The van der Waals surface area contributed by atoms with Crippen molar-refractivity contribution >= 4 is 17.9 Å². The molecule has 0 N–H and O–H groups in total. The summed E-state index contributed by atoms with van der Waals surface area (Å²) in [4.78, 5) is 39.6. The Bertz CT molecular complexity index is 1010. The Hall–Kier alpha value is -1.89. The quantitative estimate of drug-likeness (QED) is 0.342. The molecule has 1 saturated heterocycles. The predicted octanol–water partition coefficient (Wildman–Crippen LogP) is 3.50. The van der Waals surface area contributed by atoms with Crippen molar-refractivity contribution in [3.63, 3.8) is 0 Å². The molecule has 35 heavy (non-hydrogen) atoms. The molecular weight excluding hydrogens is 446 g/mol. The Morgan fingerprint density at radius 1 is 1.03 bits per heavy atom. The average molecular weight is 486 g/mol. The fourth-order valence-electron chi connectivity index (χ4n) is 10.9. The van der Waals surface area contributed by atoms with Crippen molar-refractivity contribution in [2.75, 3.05) is 13.1 Å². The maximum Gasteiger partial charge on any atom is 0.303 e. The molecule has 1 heterocycles. The summed E-state index contributed by atoms with van der Waals surface area (Å²) in [5, 5.41) is 0. The minimum absolute atomic E-state index is 0.00710. The van der Waals surface area contributed by atoms with Crippen LogP contribution in [0, 0.1) is 39.9 Å². The zero-order chi connectivity index (χ0) is 25.1. The molecule has 7 nitrogen and oxygen atoms in total. The van der Waals surface area contributed by atoms with Crippen LogP contribution >= 0.6 is 0 Å². The number of carbonyl (C=O) groups excluding carboxylic acids is 3. The van der Waals surface area contributed by atoms with Gasteiger partial charge in [-0.05, 0) is 67.4 Å². The Balaban J connectivity index is 1.57. The first-order chi connectivity index (χ1) is 16.5. The van der Waals surface area contributed by atoms with E-state index < -0.39 is 0 Å². The Labute approximate surface area is 207 Å². The largest absolute Gasteiger partial charge is 0.462 e. The van der Waals surface area contributed by atoms with Crippen molar-refractivity contribution in [1.82, 2.24) is 4.90 Å². The van der Waals surface area contributed by atoms with Gasteiger partial charge in [-0.15, -0.1) is 0 Å². The molecule has 0 aromatic carbocycles. The monoisotopic (exact) mass is 485 g/mol. The molecule has 5 saturated carbocycles. The summed E-state index contributed by atoms with van der Waals surface area (Å²) >= 11 is 0. The molecule has 0 aromatic rings. The SMILES string of the molecule is C=C1[C@H]2C[C@@]3([C@@H]1OC(C)=O)[C@@H](C[C@@H]2OC(C)=O)[C@@]12C4[C@@H]3C[C@@H]1[C@@](C)(CC[C@H]2OC(C)=O)CN4CC. The first-order valence-electron chi connectivity index (χ1n) is 13.4. The first-order valence-corrected chi connectivity index (χ1v) is 13.4. The smallest absolute Gasteiger partial charge is 0.303 e. The number of ether oxygens (including phenoxy) is 3. The highest BCUT2D eigenvalue weighted by Gasteiger charge is 2.86. The van der Waals surface area contributed by atoms with E-state index in [0.29, 0.717) is 11.8 Å². The maximum atomic E-state index is 12.4. The van der Waals surface area contributed by atoms with E-state index in [1.165, 1.54) is 20.8 Å². The summed E-state index contributed by atoms with van der Waals surface area (Å²) in [6.45, 7) is 15.6. The van der Waals surface area contributed by atoms with Crippen molar-refractivity contribution in [1.29, 1.82) is 0 Å². The van der Waals surface area contributed by atoms with Crippen molar-refractivity contribution in [2.24, 2.45) is 39.9 Å². The highest BCUT2D eigenvalue weighted by molar-refractivity contribution is 5.68.